The lowest BCUT2D eigenvalue weighted by Crippen LogP contribution is -2.36. The first-order valence-electron chi connectivity index (χ1n) is 5.55. The van der Waals surface area contributed by atoms with Crippen LogP contribution in [0.4, 0.5) is 0 Å². The van der Waals surface area contributed by atoms with Crippen molar-refractivity contribution < 1.29 is 9.90 Å². The third-order valence-electron chi connectivity index (χ3n) is 3.20. The molecule has 0 aliphatic carbocycles. The molecular formula is C12H13N3O2. The molecule has 1 fully saturated rings. The highest BCUT2D eigenvalue weighted by Crippen LogP contribution is 2.28. The van der Waals surface area contributed by atoms with Gasteiger partial charge in [-0.25, -0.2) is 10.9 Å². The number of rotatable bonds is 2. The van der Waals surface area contributed by atoms with E-state index in [9.17, 15) is 4.79 Å². The summed E-state index contributed by atoms with van der Waals surface area (Å²) in [6.45, 7) is 0. The molecule has 0 saturated carbocycles. The molecule has 2 aromatic rings. The van der Waals surface area contributed by atoms with Crippen molar-refractivity contribution >= 4 is 16.9 Å². The summed E-state index contributed by atoms with van der Waals surface area (Å²) in [7, 11) is 0. The molecule has 5 nitrogen and oxygen atoms in total. The van der Waals surface area contributed by atoms with Gasteiger partial charge in [-0.15, -0.1) is 0 Å². The average Bonchev–Trinajstić information content (AvgIpc) is 2.95. The maximum atomic E-state index is 10.9. The third-order valence-corrected chi connectivity index (χ3v) is 3.20. The predicted molar refractivity (Wildman–Crippen MR) is 63.4 cm³/mol. The number of H-pyrrole nitrogens is 1. The normalized spacial score (nSPS) is 24.2. The van der Waals surface area contributed by atoms with Gasteiger partial charge in [-0.1, -0.05) is 18.2 Å². The number of aromatic amines is 1. The van der Waals surface area contributed by atoms with E-state index in [0.29, 0.717) is 6.42 Å². The first-order chi connectivity index (χ1) is 8.25. The van der Waals surface area contributed by atoms with Crippen molar-refractivity contribution in [1.29, 1.82) is 0 Å². The van der Waals surface area contributed by atoms with Crippen molar-refractivity contribution in [2.75, 3.05) is 0 Å². The summed E-state index contributed by atoms with van der Waals surface area (Å²) >= 11 is 0. The van der Waals surface area contributed by atoms with Gasteiger partial charge < -0.3 is 10.1 Å². The predicted octanol–water partition coefficient (Wildman–Crippen LogP) is 1.16. The number of benzene rings is 1. The zero-order valence-electron chi connectivity index (χ0n) is 9.10. The number of carboxylic acids is 1. The fourth-order valence-electron chi connectivity index (χ4n) is 2.30. The first kappa shape index (κ1) is 10.3. The molecule has 2 unspecified atom stereocenters. The topological polar surface area (TPSA) is 77.1 Å². The lowest BCUT2D eigenvalue weighted by Gasteiger charge is -2.07. The van der Waals surface area contributed by atoms with Crippen molar-refractivity contribution in [3.05, 3.63) is 36.0 Å². The van der Waals surface area contributed by atoms with Crippen LogP contribution in [0, 0.1) is 0 Å². The molecule has 2 heterocycles. The van der Waals surface area contributed by atoms with Gasteiger partial charge in [0.05, 0.1) is 6.04 Å². The molecule has 1 saturated heterocycles. The molecular weight excluding hydrogens is 218 g/mol. The van der Waals surface area contributed by atoms with Crippen molar-refractivity contribution in [2.24, 2.45) is 0 Å². The fourth-order valence-corrected chi connectivity index (χ4v) is 2.30. The number of fused-ring (bicyclic) bond motifs is 1. The van der Waals surface area contributed by atoms with Gasteiger partial charge in [0.25, 0.3) is 0 Å². The molecule has 17 heavy (non-hydrogen) atoms. The van der Waals surface area contributed by atoms with Gasteiger partial charge in [0.2, 0.25) is 0 Å². The molecule has 0 amide bonds. The zero-order chi connectivity index (χ0) is 11.8. The van der Waals surface area contributed by atoms with E-state index in [-0.39, 0.29) is 6.04 Å². The number of hydrazine groups is 1. The van der Waals surface area contributed by atoms with E-state index >= 15 is 0 Å². The minimum atomic E-state index is -0.820. The van der Waals surface area contributed by atoms with Crippen LogP contribution in [0.15, 0.2) is 30.5 Å². The monoisotopic (exact) mass is 231 g/mol. The Labute approximate surface area is 97.8 Å². The number of para-hydroxylation sites is 1. The minimum Gasteiger partial charge on any atom is -0.480 e. The van der Waals surface area contributed by atoms with Gasteiger partial charge in [0.15, 0.2) is 0 Å². The van der Waals surface area contributed by atoms with Crippen LogP contribution in [0.25, 0.3) is 10.9 Å². The van der Waals surface area contributed by atoms with E-state index in [1.165, 1.54) is 0 Å². The molecule has 0 radical (unpaired) electrons. The van der Waals surface area contributed by atoms with E-state index in [0.717, 1.165) is 16.5 Å². The SMILES string of the molecule is O=C(O)C1CC(c2c[nH]c3ccccc23)NN1. The highest BCUT2D eigenvalue weighted by molar-refractivity contribution is 5.84. The summed E-state index contributed by atoms with van der Waals surface area (Å²) in [6, 6.07) is 7.52. The van der Waals surface area contributed by atoms with Crippen molar-refractivity contribution in [3.63, 3.8) is 0 Å². The number of carbonyl (C=O) groups is 1. The van der Waals surface area contributed by atoms with E-state index in [1.54, 1.807) is 0 Å². The second-order valence-electron chi connectivity index (χ2n) is 4.26. The van der Waals surface area contributed by atoms with Crippen LogP contribution >= 0.6 is 0 Å². The Morgan fingerprint density at radius 3 is 2.88 bits per heavy atom. The molecule has 0 spiro atoms. The molecule has 88 valence electrons. The Morgan fingerprint density at radius 2 is 2.12 bits per heavy atom. The minimum absolute atomic E-state index is 0.0345. The standard InChI is InChI=1S/C12H13N3O2/c16-12(17)11-5-10(14-15-11)8-6-13-9-4-2-1-3-7(8)9/h1-4,6,10-11,13-15H,5H2,(H,16,17). The molecule has 1 aliphatic rings. The molecule has 0 bridgehead atoms. The molecule has 3 rings (SSSR count). The van der Waals surface area contributed by atoms with Gasteiger partial charge in [-0.05, 0) is 18.1 Å². The molecule has 1 aliphatic heterocycles. The molecule has 4 N–H and O–H groups in total. The second-order valence-corrected chi connectivity index (χ2v) is 4.26. The zero-order valence-corrected chi connectivity index (χ0v) is 9.10. The average molecular weight is 231 g/mol. The fraction of sp³-hybridized carbons (Fsp3) is 0.250. The van der Waals surface area contributed by atoms with E-state index < -0.39 is 12.0 Å². The number of nitrogens with one attached hydrogen (secondary N) is 3. The second kappa shape index (κ2) is 3.87. The Kier molecular flexibility index (Phi) is 2.35. The number of hydrogen-bond acceptors (Lipinski definition) is 3. The summed E-state index contributed by atoms with van der Waals surface area (Å²) in [6.07, 6.45) is 2.49. The molecule has 1 aromatic heterocycles. The van der Waals surface area contributed by atoms with Crippen LogP contribution in [0.2, 0.25) is 0 Å². The Hall–Kier alpha value is -1.85. The Balaban J connectivity index is 1.93. The number of aliphatic carboxylic acids is 1. The number of carboxylic acid groups (broad SMARTS) is 1. The maximum Gasteiger partial charge on any atom is 0.322 e. The molecule has 2 atom stereocenters. The summed E-state index contributed by atoms with van der Waals surface area (Å²) in [4.78, 5) is 14.1. The van der Waals surface area contributed by atoms with Gasteiger partial charge in [-0.3, -0.25) is 4.79 Å². The van der Waals surface area contributed by atoms with Gasteiger partial charge >= 0.3 is 5.97 Å². The van der Waals surface area contributed by atoms with E-state index in [4.69, 9.17) is 5.11 Å². The third kappa shape index (κ3) is 1.69. The smallest absolute Gasteiger partial charge is 0.322 e. The van der Waals surface area contributed by atoms with Crippen molar-refractivity contribution in [3.8, 4) is 0 Å². The lowest BCUT2D eigenvalue weighted by atomic mass is 10.0. The highest BCUT2D eigenvalue weighted by atomic mass is 16.4. The maximum absolute atomic E-state index is 10.9. The summed E-state index contributed by atoms with van der Waals surface area (Å²) < 4.78 is 0. The largest absolute Gasteiger partial charge is 0.480 e. The van der Waals surface area contributed by atoms with Crippen LogP contribution in [0.3, 0.4) is 0 Å². The summed E-state index contributed by atoms with van der Waals surface area (Å²) in [5.74, 6) is -0.820. The summed E-state index contributed by atoms with van der Waals surface area (Å²) in [5.41, 5.74) is 8.01. The number of hydrogen-bond donors (Lipinski definition) is 4. The summed E-state index contributed by atoms with van der Waals surface area (Å²) in [5, 5.41) is 10.1. The number of aromatic nitrogens is 1. The Bertz CT molecular complexity index is 564. The lowest BCUT2D eigenvalue weighted by molar-refractivity contribution is -0.139. The van der Waals surface area contributed by atoms with Crippen molar-refractivity contribution in [1.82, 2.24) is 15.8 Å². The molecule has 5 heteroatoms. The first-order valence-corrected chi connectivity index (χ1v) is 5.55. The quantitative estimate of drug-likeness (QED) is 0.625. The van der Waals surface area contributed by atoms with Gasteiger partial charge in [-0.2, -0.15) is 0 Å². The Morgan fingerprint density at radius 1 is 1.29 bits per heavy atom. The van der Waals surface area contributed by atoms with Crippen molar-refractivity contribution in [2.45, 2.75) is 18.5 Å². The van der Waals surface area contributed by atoms with E-state index in [1.807, 2.05) is 30.5 Å². The van der Waals surface area contributed by atoms with Crippen LogP contribution in [-0.4, -0.2) is 22.1 Å². The van der Waals surface area contributed by atoms with E-state index in [2.05, 4.69) is 15.8 Å². The van der Waals surface area contributed by atoms with Crippen LogP contribution in [0.1, 0.15) is 18.0 Å². The van der Waals surface area contributed by atoms with Gasteiger partial charge in [0.1, 0.15) is 6.04 Å². The van der Waals surface area contributed by atoms with Gasteiger partial charge in [0, 0.05) is 17.1 Å². The van der Waals surface area contributed by atoms with Crippen LogP contribution in [0.5, 0.6) is 0 Å². The molecule has 1 aromatic carbocycles. The highest BCUT2D eigenvalue weighted by Gasteiger charge is 2.30. The van der Waals surface area contributed by atoms with Crippen LogP contribution < -0.4 is 10.9 Å². The van der Waals surface area contributed by atoms with Crippen LogP contribution in [-0.2, 0) is 4.79 Å².